The summed E-state index contributed by atoms with van der Waals surface area (Å²) in [6.45, 7) is 0. The number of fused-ring (bicyclic) bond motifs is 4. The third-order valence-corrected chi connectivity index (χ3v) is 9.78. The Morgan fingerprint density at radius 1 is 0.658 bits per heavy atom. The number of nitrogens with one attached hydrogen (secondary N) is 4. The summed E-state index contributed by atoms with van der Waals surface area (Å²) in [5.74, 6) is 4.77. The number of hydrogen-bond acceptors (Lipinski definition) is 4. The molecule has 38 heavy (non-hydrogen) atoms. The fraction of sp³-hybridized carbons (Fsp3) is 0.533. The third-order valence-electron chi connectivity index (χ3n) is 9.34. The van der Waals surface area contributed by atoms with E-state index in [1.165, 1.54) is 51.4 Å². The molecule has 202 valence electrons. The summed E-state index contributed by atoms with van der Waals surface area (Å²) in [7, 11) is 3.38. The first kappa shape index (κ1) is 25.7. The predicted octanol–water partition coefficient (Wildman–Crippen LogP) is 6.32. The van der Waals surface area contributed by atoms with Crippen molar-refractivity contribution < 1.29 is 9.47 Å². The molecule has 0 heterocycles. The van der Waals surface area contributed by atoms with Gasteiger partial charge in [0.15, 0.2) is 10.2 Å². The molecule has 2 aromatic rings. The molecular weight excluding hydrogens is 512 g/mol. The zero-order valence-electron chi connectivity index (χ0n) is 22.2. The van der Waals surface area contributed by atoms with Crippen LogP contribution in [0.1, 0.15) is 51.4 Å². The number of ether oxygens (including phenoxy) is 2. The van der Waals surface area contributed by atoms with Crippen molar-refractivity contribution >= 4 is 46.0 Å². The highest BCUT2D eigenvalue weighted by Gasteiger charge is 2.40. The highest BCUT2D eigenvalue weighted by molar-refractivity contribution is 7.80. The van der Waals surface area contributed by atoms with Gasteiger partial charge in [0.25, 0.3) is 0 Å². The lowest BCUT2D eigenvalue weighted by Crippen LogP contribution is -2.40. The minimum atomic E-state index is 0.495. The second kappa shape index (κ2) is 10.9. The monoisotopic (exact) mass is 550 g/mol. The maximum Gasteiger partial charge on any atom is 0.171 e. The van der Waals surface area contributed by atoms with Gasteiger partial charge in [-0.2, -0.15) is 0 Å². The topological polar surface area (TPSA) is 66.6 Å². The molecule has 6 atom stereocenters. The quantitative estimate of drug-likeness (QED) is 0.299. The molecular formula is C30H38N4O2S2. The zero-order chi connectivity index (χ0) is 26.2. The number of hydrogen-bond donors (Lipinski definition) is 4. The van der Waals surface area contributed by atoms with E-state index in [-0.39, 0.29) is 0 Å². The molecule has 0 aromatic heterocycles. The lowest BCUT2D eigenvalue weighted by Gasteiger charge is -2.25. The average Bonchev–Trinajstić information content (AvgIpc) is 3.72. The first-order chi connectivity index (χ1) is 18.5. The molecule has 8 heteroatoms. The molecule has 6 unspecified atom stereocenters. The van der Waals surface area contributed by atoms with Crippen molar-refractivity contribution in [3.8, 4) is 22.6 Å². The van der Waals surface area contributed by atoms with Crippen molar-refractivity contribution in [1.82, 2.24) is 10.6 Å². The van der Waals surface area contributed by atoms with Gasteiger partial charge in [0.2, 0.25) is 0 Å². The predicted molar refractivity (Wildman–Crippen MR) is 162 cm³/mol. The van der Waals surface area contributed by atoms with Gasteiger partial charge < -0.3 is 30.7 Å². The Balaban J connectivity index is 1.11. The third kappa shape index (κ3) is 5.30. The first-order valence-corrected chi connectivity index (χ1v) is 14.8. The molecule has 0 radical (unpaired) electrons. The minimum absolute atomic E-state index is 0.495. The van der Waals surface area contributed by atoms with Gasteiger partial charge in [0.05, 0.1) is 25.6 Å². The van der Waals surface area contributed by atoms with Crippen LogP contribution in [0.2, 0.25) is 0 Å². The van der Waals surface area contributed by atoms with Crippen LogP contribution in [0.25, 0.3) is 11.1 Å². The van der Waals surface area contributed by atoms with Crippen molar-refractivity contribution in [2.24, 2.45) is 23.7 Å². The van der Waals surface area contributed by atoms with Crippen molar-refractivity contribution in [2.75, 3.05) is 24.9 Å². The molecule has 4 saturated carbocycles. The second-order valence-electron chi connectivity index (χ2n) is 11.6. The van der Waals surface area contributed by atoms with Crippen LogP contribution in [0.4, 0.5) is 11.4 Å². The zero-order valence-corrected chi connectivity index (χ0v) is 23.9. The van der Waals surface area contributed by atoms with Crippen molar-refractivity contribution in [2.45, 2.75) is 63.5 Å². The van der Waals surface area contributed by atoms with Crippen LogP contribution in [0.3, 0.4) is 0 Å². The molecule has 2 aromatic carbocycles. The number of benzene rings is 2. The molecule has 4 bridgehead atoms. The fourth-order valence-electron chi connectivity index (χ4n) is 7.44. The maximum atomic E-state index is 5.73. The molecule has 0 aliphatic heterocycles. The van der Waals surface area contributed by atoms with Crippen LogP contribution in [-0.2, 0) is 0 Å². The average molecular weight is 551 g/mol. The Kier molecular flexibility index (Phi) is 7.36. The Morgan fingerprint density at radius 3 is 1.45 bits per heavy atom. The van der Waals surface area contributed by atoms with E-state index in [1.807, 2.05) is 24.3 Å². The molecule has 4 aliphatic carbocycles. The van der Waals surface area contributed by atoms with Gasteiger partial charge in [-0.15, -0.1) is 0 Å². The Hall–Kier alpha value is -2.58. The number of methoxy groups -OCH3 is 2. The molecule has 0 spiro atoms. The largest absolute Gasteiger partial charge is 0.495 e. The smallest absolute Gasteiger partial charge is 0.171 e. The van der Waals surface area contributed by atoms with Gasteiger partial charge in [-0.05, 0) is 122 Å². The van der Waals surface area contributed by atoms with E-state index >= 15 is 0 Å². The molecule has 0 saturated heterocycles. The maximum absolute atomic E-state index is 5.73. The number of rotatable bonds is 7. The van der Waals surface area contributed by atoms with E-state index in [9.17, 15) is 0 Å². The molecule has 4 aliphatic rings. The van der Waals surface area contributed by atoms with E-state index < -0.39 is 0 Å². The van der Waals surface area contributed by atoms with Crippen LogP contribution in [-0.4, -0.2) is 36.5 Å². The van der Waals surface area contributed by atoms with E-state index in [0.717, 1.165) is 57.7 Å². The molecule has 4 N–H and O–H groups in total. The van der Waals surface area contributed by atoms with Gasteiger partial charge >= 0.3 is 0 Å². The SMILES string of the molecule is COc1cc(-c2ccc(NC(=S)NC3CC4CCC3C4)c(OC)c2)ccc1NC(=S)NC1CC2CCC1C2. The number of anilines is 2. The Morgan fingerprint density at radius 2 is 1.11 bits per heavy atom. The normalized spacial score (nSPS) is 28.7. The Labute approximate surface area is 236 Å². The summed E-state index contributed by atoms with van der Waals surface area (Å²) in [6, 6.07) is 13.3. The summed E-state index contributed by atoms with van der Waals surface area (Å²) < 4.78 is 11.5. The standard InChI is InChI=1S/C30H38N4O2S2/c1-35-27-15-19(7-9-23(27)31-29(37)33-25-13-17-3-5-21(25)11-17)20-8-10-24(28(16-20)36-2)32-30(38)34-26-14-18-4-6-22(26)12-18/h7-10,15-18,21-22,25-26H,3-6,11-14H2,1-2H3,(H2,31,33,37)(H2,32,34,38). The summed E-state index contributed by atoms with van der Waals surface area (Å²) in [5.41, 5.74) is 3.79. The number of thiocarbonyl (C=S) groups is 2. The summed E-state index contributed by atoms with van der Waals surface area (Å²) in [5, 5.41) is 15.1. The van der Waals surface area contributed by atoms with E-state index in [4.69, 9.17) is 33.9 Å². The van der Waals surface area contributed by atoms with Crippen LogP contribution < -0.4 is 30.7 Å². The van der Waals surface area contributed by atoms with E-state index in [1.54, 1.807) is 14.2 Å². The summed E-state index contributed by atoms with van der Waals surface area (Å²) in [4.78, 5) is 0. The van der Waals surface area contributed by atoms with Crippen LogP contribution in [0.5, 0.6) is 11.5 Å². The van der Waals surface area contributed by atoms with Crippen LogP contribution >= 0.6 is 24.4 Å². The summed E-state index contributed by atoms with van der Waals surface area (Å²) in [6.07, 6.45) is 10.6. The van der Waals surface area contributed by atoms with E-state index in [2.05, 4.69) is 33.4 Å². The first-order valence-electron chi connectivity index (χ1n) is 14.0. The molecule has 0 amide bonds. The molecule has 6 rings (SSSR count). The lowest BCUT2D eigenvalue weighted by molar-refractivity contribution is 0.391. The van der Waals surface area contributed by atoms with Crippen molar-refractivity contribution in [3.63, 3.8) is 0 Å². The van der Waals surface area contributed by atoms with Crippen LogP contribution in [0.15, 0.2) is 36.4 Å². The van der Waals surface area contributed by atoms with Gasteiger partial charge in [0, 0.05) is 12.1 Å². The minimum Gasteiger partial charge on any atom is -0.495 e. The van der Waals surface area contributed by atoms with Crippen LogP contribution in [0, 0.1) is 23.7 Å². The highest BCUT2D eigenvalue weighted by Crippen LogP contribution is 2.45. The molecule has 6 nitrogen and oxygen atoms in total. The lowest BCUT2D eigenvalue weighted by atomic mass is 9.95. The second-order valence-corrected chi connectivity index (χ2v) is 12.4. The van der Waals surface area contributed by atoms with Gasteiger partial charge in [-0.1, -0.05) is 25.0 Å². The summed E-state index contributed by atoms with van der Waals surface area (Å²) >= 11 is 11.3. The Bertz CT molecular complexity index is 1130. The van der Waals surface area contributed by atoms with Crippen molar-refractivity contribution in [3.05, 3.63) is 36.4 Å². The highest BCUT2D eigenvalue weighted by atomic mass is 32.1. The van der Waals surface area contributed by atoms with Gasteiger partial charge in [0.1, 0.15) is 11.5 Å². The van der Waals surface area contributed by atoms with E-state index in [0.29, 0.717) is 22.3 Å². The van der Waals surface area contributed by atoms with Gasteiger partial charge in [-0.3, -0.25) is 0 Å². The molecule has 4 fully saturated rings. The fourth-order valence-corrected chi connectivity index (χ4v) is 7.97. The van der Waals surface area contributed by atoms with Gasteiger partial charge in [-0.25, -0.2) is 0 Å². The van der Waals surface area contributed by atoms with Crippen molar-refractivity contribution in [1.29, 1.82) is 0 Å².